The summed E-state index contributed by atoms with van der Waals surface area (Å²) in [6.07, 6.45) is 0. The van der Waals surface area contributed by atoms with Crippen LogP contribution in [0.5, 0.6) is 5.75 Å². The van der Waals surface area contributed by atoms with E-state index in [-0.39, 0.29) is 28.1 Å². The van der Waals surface area contributed by atoms with E-state index in [9.17, 15) is 14.0 Å². The van der Waals surface area contributed by atoms with Crippen LogP contribution < -0.4 is 16.0 Å². The number of carbonyl (C=O) groups is 1. The van der Waals surface area contributed by atoms with Crippen molar-refractivity contribution in [1.29, 1.82) is 0 Å². The van der Waals surface area contributed by atoms with Gasteiger partial charge in [-0.1, -0.05) is 20.8 Å². The van der Waals surface area contributed by atoms with Crippen LogP contribution in [0.15, 0.2) is 23.0 Å². The van der Waals surface area contributed by atoms with Gasteiger partial charge in [0.05, 0.1) is 23.9 Å². The fraction of sp³-hybridized carbons (Fsp3) is 0.312. The minimum atomic E-state index is -0.747. The summed E-state index contributed by atoms with van der Waals surface area (Å²) in [5.74, 6) is -1.40. The van der Waals surface area contributed by atoms with Crippen molar-refractivity contribution in [1.82, 2.24) is 10.2 Å². The number of ether oxygens (including phenoxy) is 1. The third kappa shape index (κ3) is 3.08. The van der Waals surface area contributed by atoms with Gasteiger partial charge in [0.1, 0.15) is 11.6 Å². The SMILES string of the molecule is COc1c(C(N)=O)ccc(F)c1-c1cc(C(C)(C)C)c(=O)[nH]n1. The van der Waals surface area contributed by atoms with Gasteiger partial charge in [-0.05, 0) is 23.6 Å². The van der Waals surface area contributed by atoms with E-state index in [0.717, 1.165) is 6.07 Å². The number of halogens is 1. The maximum Gasteiger partial charge on any atom is 0.267 e. The number of aromatic nitrogens is 2. The van der Waals surface area contributed by atoms with Crippen LogP contribution in [0, 0.1) is 5.82 Å². The molecular weight excluding hydrogens is 301 g/mol. The lowest BCUT2D eigenvalue weighted by Gasteiger charge is -2.19. The Labute approximate surface area is 132 Å². The van der Waals surface area contributed by atoms with Gasteiger partial charge in [0, 0.05) is 5.56 Å². The molecule has 0 bridgehead atoms. The monoisotopic (exact) mass is 319 g/mol. The summed E-state index contributed by atoms with van der Waals surface area (Å²) in [7, 11) is 1.31. The van der Waals surface area contributed by atoms with Crippen LogP contribution in [-0.2, 0) is 5.41 Å². The number of nitrogens with two attached hydrogens (primary N) is 1. The van der Waals surface area contributed by atoms with E-state index < -0.39 is 17.1 Å². The van der Waals surface area contributed by atoms with Gasteiger partial charge in [0.25, 0.3) is 11.5 Å². The molecule has 7 heteroatoms. The standard InChI is InChI=1S/C16H18FN3O3/c1-16(2,3)9-7-11(19-20-15(9)22)12-10(17)6-5-8(14(18)21)13(12)23-4/h5-7H,1-4H3,(H2,18,21)(H,20,22). The molecule has 0 unspecified atom stereocenters. The Morgan fingerprint density at radius 2 is 2.00 bits per heavy atom. The lowest BCUT2D eigenvalue weighted by Crippen LogP contribution is -2.25. The van der Waals surface area contributed by atoms with Crippen molar-refractivity contribution < 1.29 is 13.9 Å². The lowest BCUT2D eigenvalue weighted by molar-refractivity contribution is 0.0997. The van der Waals surface area contributed by atoms with E-state index >= 15 is 0 Å². The van der Waals surface area contributed by atoms with E-state index in [2.05, 4.69) is 10.2 Å². The minimum Gasteiger partial charge on any atom is -0.495 e. The first-order valence-electron chi connectivity index (χ1n) is 6.93. The van der Waals surface area contributed by atoms with E-state index in [1.807, 2.05) is 20.8 Å². The van der Waals surface area contributed by atoms with Gasteiger partial charge >= 0.3 is 0 Å². The molecule has 0 aliphatic rings. The molecule has 0 aliphatic heterocycles. The Morgan fingerprint density at radius 1 is 1.35 bits per heavy atom. The van der Waals surface area contributed by atoms with Crippen molar-refractivity contribution in [2.24, 2.45) is 5.73 Å². The van der Waals surface area contributed by atoms with Crippen LogP contribution in [0.1, 0.15) is 36.7 Å². The van der Waals surface area contributed by atoms with Gasteiger partial charge in [0.15, 0.2) is 0 Å². The number of nitrogens with one attached hydrogen (secondary N) is 1. The van der Waals surface area contributed by atoms with Crippen LogP contribution in [0.25, 0.3) is 11.3 Å². The number of nitrogens with zero attached hydrogens (tertiary/aromatic N) is 1. The molecule has 0 aliphatic carbocycles. The van der Waals surface area contributed by atoms with Crippen molar-refractivity contribution in [3.63, 3.8) is 0 Å². The molecule has 122 valence electrons. The summed E-state index contributed by atoms with van der Waals surface area (Å²) in [4.78, 5) is 23.4. The third-order valence-corrected chi connectivity index (χ3v) is 3.44. The van der Waals surface area contributed by atoms with E-state index in [0.29, 0.717) is 5.56 Å². The average Bonchev–Trinajstić information content (AvgIpc) is 2.46. The smallest absolute Gasteiger partial charge is 0.267 e. The molecule has 0 spiro atoms. The molecule has 0 radical (unpaired) electrons. The maximum absolute atomic E-state index is 14.3. The summed E-state index contributed by atoms with van der Waals surface area (Å²) < 4.78 is 19.5. The summed E-state index contributed by atoms with van der Waals surface area (Å²) in [6.45, 7) is 5.57. The molecule has 1 aromatic heterocycles. The number of benzene rings is 1. The quantitative estimate of drug-likeness (QED) is 0.903. The zero-order chi connectivity index (χ0) is 17.4. The molecule has 0 saturated heterocycles. The number of aromatic amines is 1. The lowest BCUT2D eigenvalue weighted by atomic mass is 9.87. The molecule has 3 N–H and O–H groups in total. The summed E-state index contributed by atoms with van der Waals surface area (Å²) in [5.41, 5.74) is 5.09. The summed E-state index contributed by atoms with van der Waals surface area (Å²) in [6, 6.07) is 3.85. The van der Waals surface area contributed by atoms with Gasteiger partial charge in [-0.15, -0.1) is 0 Å². The number of rotatable bonds is 3. The number of amides is 1. The average molecular weight is 319 g/mol. The van der Waals surface area contributed by atoms with Crippen molar-refractivity contribution in [3.8, 4) is 17.0 Å². The molecular formula is C16H18FN3O3. The fourth-order valence-corrected chi connectivity index (χ4v) is 2.29. The Balaban J connectivity index is 2.80. The predicted molar refractivity (Wildman–Crippen MR) is 84.0 cm³/mol. The zero-order valence-corrected chi connectivity index (χ0v) is 13.4. The molecule has 1 aromatic carbocycles. The van der Waals surface area contributed by atoms with E-state index in [1.165, 1.54) is 19.2 Å². The normalized spacial score (nSPS) is 11.3. The first kappa shape index (κ1) is 16.7. The van der Waals surface area contributed by atoms with E-state index in [1.54, 1.807) is 0 Å². The highest BCUT2D eigenvalue weighted by Gasteiger charge is 2.24. The number of methoxy groups -OCH3 is 1. The van der Waals surface area contributed by atoms with Gasteiger partial charge < -0.3 is 10.5 Å². The highest BCUT2D eigenvalue weighted by Crippen LogP contribution is 2.35. The molecule has 2 aromatic rings. The highest BCUT2D eigenvalue weighted by molar-refractivity contribution is 5.98. The topological polar surface area (TPSA) is 98.1 Å². The molecule has 0 atom stereocenters. The van der Waals surface area contributed by atoms with Crippen LogP contribution in [0.3, 0.4) is 0 Å². The molecule has 2 rings (SSSR count). The number of hydrogen-bond donors (Lipinski definition) is 2. The molecule has 1 amide bonds. The predicted octanol–water partition coefficient (Wildman–Crippen LogP) is 1.98. The first-order valence-corrected chi connectivity index (χ1v) is 6.93. The largest absolute Gasteiger partial charge is 0.495 e. The van der Waals surface area contributed by atoms with Crippen LogP contribution in [0.4, 0.5) is 4.39 Å². The second-order valence-electron chi connectivity index (χ2n) is 6.11. The van der Waals surface area contributed by atoms with Crippen LogP contribution >= 0.6 is 0 Å². The Bertz CT molecular complexity index is 822. The maximum atomic E-state index is 14.3. The summed E-state index contributed by atoms with van der Waals surface area (Å²) in [5, 5.41) is 6.24. The van der Waals surface area contributed by atoms with Gasteiger partial charge in [0.2, 0.25) is 0 Å². The Hall–Kier alpha value is -2.70. The molecule has 0 fully saturated rings. The van der Waals surface area contributed by atoms with Crippen LogP contribution in [-0.4, -0.2) is 23.2 Å². The first-order chi connectivity index (χ1) is 10.7. The third-order valence-electron chi connectivity index (χ3n) is 3.44. The van der Waals surface area contributed by atoms with Crippen molar-refractivity contribution >= 4 is 5.91 Å². The molecule has 1 heterocycles. The molecule has 6 nitrogen and oxygen atoms in total. The number of carbonyl (C=O) groups excluding carboxylic acids is 1. The second kappa shape index (κ2) is 5.83. The highest BCUT2D eigenvalue weighted by atomic mass is 19.1. The van der Waals surface area contributed by atoms with Gasteiger partial charge in [-0.3, -0.25) is 9.59 Å². The second-order valence-corrected chi connectivity index (χ2v) is 6.11. The Morgan fingerprint density at radius 3 is 2.52 bits per heavy atom. The van der Waals surface area contributed by atoms with Gasteiger partial charge in [-0.25, -0.2) is 9.49 Å². The van der Waals surface area contributed by atoms with Gasteiger partial charge in [-0.2, -0.15) is 5.10 Å². The zero-order valence-electron chi connectivity index (χ0n) is 13.4. The van der Waals surface area contributed by atoms with Crippen molar-refractivity contribution in [2.45, 2.75) is 26.2 Å². The minimum absolute atomic E-state index is 0.0168. The molecule has 0 saturated carbocycles. The number of hydrogen-bond acceptors (Lipinski definition) is 4. The number of H-pyrrole nitrogens is 1. The number of primary amides is 1. The van der Waals surface area contributed by atoms with Crippen molar-refractivity contribution in [3.05, 3.63) is 45.5 Å². The van der Waals surface area contributed by atoms with Crippen molar-refractivity contribution in [2.75, 3.05) is 7.11 Å². The Kier molecular flexibility index (Phi) is 4.22. The van der Waals surface area contributed by atoms with E-state index in [4.69, 9.17) is 10.5 Å². The molecule has 23 heavy (non-hydrogen) atoms. The summed E-state index contributed by atoms with van der Waals surface area (Å²) >= 11 is 0. The fourth-order valence-electron chi connectivity index (χ4n) is 2.29. The van der Waals surface area contributed by atoms with Crippen LogP contribution in [0.2, 0.25) is 0 Å².